The maximum Gasteiger partial charge on any atom is 0.416 e. The SMILES string of the molecule is CC1(C)OCC(CNCc2ccccc2C(F)(F)F)N1C(=O)O. The monoisotopic (exact) mass is 332 g/mol. The molecule has 0 bridgehead atoms. The van der Waals surface area contributed by atoms with Crippen LogP contribution in [-0.2, 0) is 17.5 Å². The highest BCUT2D eigenvalue weighted by Crippen LogP contribution is 2.32. The van der Waals surface area contributed by atoms with Crippen LogP contribution in [-0.4, -0.2) is 41.0 Å². The summed E-state index contributed by atoms with van der Waals surface area (Å²) >= 11 is 0. The first-order valence-corrected chi connectivity index (χ1v) is 7.15. The van der Waals surface area contributed by atoms with Gasteiger partial charge in [0.25, 0.3) is 0 Å². The zero-order chi connectivity index (χ0) is 17.3. The summed E-state index contributed by atoms with van der Waals surface area (Å²) < 4.78 is 44.2. The van der Waals surface area contributed by atoms with Crippen molar-refractivity contribution in [3.8, 4) is 0 Å². The lowest BCUT2D eigenvalue weighted by atomic mass is 10.1. The van der Waals surface area contributed by atoms with E-state index in [1.54, 1.807) is 13.8 Å². The van der Waals surface area contributed by atoms with Crippen LogP contribution >= 0.6 is 0 Å². The normalized spacial score (nSPS) is 20.7. The number of carboxylic acid groups (broad SMARTS) is 1. The predicted octanol–water partition coefficient (Wildman–Crippen LogP) is 2.91. The van der Waals surface area contributed by atoms with Gasteiger partial charge in [0.2, 0.25) is 0 Å². The highest BCUT2D eigenvalue weighted by Gasteiger charge is 2.43. The maximum atomic E-state index is 12.9. The first kappa shape index (κ1) is 17.6. The number of hydrogen-bond donors (Lipinski definition) is 2. The molecule has 1 fully saturated rings. The number of ether oxygens (including phenoxy) is 1. The van der Waals surface area contributed by atoms with E-state index in [0.29, 0.717) is 0 Å². The molecule has 23 heavy (non-hydrogen) atoms. The number of benzene rings is 1. The summed E-state index contributed by atoms with van der Waals surface area (Å²) in [5.74, 6) is 0. The molecule has 2 rings (SSSR count). The minimum atomic E-state index is -4.41. The van der Waals surface area contributed by atoms with Gasteiger partial charge in [0, 0.05) is 13.1 Å². The van der Waals surface area contributed by atoms with Crippen molar-refractivity contribution in [2.75, 3.05) is 13.2 Å². The smallest absolute Gasteiger partial charge is 0.416 e. The number of nitrogens with one attached hydrogen (secondary N) is 1. The van der Waals surface area contributed by atoms with Gasteiger partial charge in [0.15, 0.2) is 0 Å². The fourth-order valence-electron chi connectivity index (χ4n) is 2.75. The van der Waals surface area contributed by atoms with Crippen molar-refractivity contribution in [3.05, 3.63) is 35.4 Å². The molecule has 2 N–H and O–H groups in total. The summed E-state index contributed by atoms with van der Waals surface area (Å²) in [6.45, 7) is 3.69. The van der Waals surface area contributed by atoms with Crippen molar-refractivity contribution < 1.29 is 27.8 Å². The zero-order valence-electron chi connectivity index (χ0n) is 12.9. The fourth-order valence-corrected chi connectivity index (χ4v) is 2.75. The van der Waals surface area contributed by atoms with Gasteiger partial charge in [-0.3, -0.25) is 4.90 Å². The molecule has 0 saturated carbocycles. The Bertz CT molecular complexity index is 575. The Morgan fingerprint density at radius 3 is 2.70 bits per heavy atom. The van der Waals surface area contributed by atoms with E-state index in [1.807, 2.05) is 0 Å². The van der Waals surface area contributed by atoms with Crippen LogP contribution in [0.4, 0.5) is 18.0 Å². The third kappa shape index (κ3) is 3.94. The van der Waals surface area contributed by atoms with E-state index >= 15 is 0 Å². The minimum absolute atomic E-state index is 0.0000704. The summed E-state index contributed by atoms with van der Waals surface area (Å²) in [7, 11) is 0. The van der Waals surface area contributed by atoms with E-state index in [0.717, 1.165) is 6.07 Å². The van der Waals surface area contributed by atoms with Gasteiger partial charge >= 0.3 is 12.3 Å². The molecule has 1 saturated heterocycles. The summed E-state index contributed by atoms with van der Waals surface area (Å²) in [6.07, 6.45) is -5.53. The molecular weight excluding hydrogens is 313 g/mol. The number of rotatable bonds is 4. The molecule has 0 aromatic heterocycles. The lowest BCUT2D eigenvalue weighted by Gasteiger charge is -2.31. The second kappa shape index (κ2) is 6.37. The van der Waals surface area contributed by atoms with E-state index in [9.17, 15) is 23.1 Å². The summed E-state index contributed by atoms with van der Waals surface area (Å²) in [4.78, 5) is 12.5. The van der Waals surface area contributed by atoms with E-state index in [-0.39, 0.29) is 25.3 Å². The highest BCUT2D eigenvalue weighted by molar-refractivity contribution is 5.66. The van der Waals surface area contributed by atoms with E-state index in [4.69, 9.17) is 4.74 Å². The third-order valence-corrected chi connectivity index (χ3v) is 3.80. The number of alkyl halides is 3. The van der Waals surface area contributed by atoms with Crippen molar-refractivity contribution in [1.82, 2.24) is 10.2 Å². The number of nitrogens with zero attached hydrogens (tertiary/aromatic N) is 1. The largest absolute Gasteiger partial charge is 0.465 e. The van der Waals surface area contributed by atoms with Crippen molar-refractivity contribution in [2.45, 2.75) is 38.3 Å². The lowest BCUT2D eigenvalue weighted by Crippen LogP contribution is -2.50. The molecule has 128 valence electrons. The lowest BCUT2D eigenvalue weighted by molar-refractivity contribution is -0.138. The Labute approximate surface area is 132 Å². The zero-order valence-corrected chi connectivity index (χ0v) is 12.9. The Balaban J connectivity index is 2.00. The summed E-state index contributed by atoms with van der Waals surface area (Å²) in [5, 5.41) is 12.1. The highest BCUT2D eigenvalue weighted by atomic mass is 19.4. The first-order valence-electron chi connectivity index (χ1n) is 7.15. The number of carbonyl (C=O) groups is 1. The van der Waals surface area contributed by atoms with Crippen LogP contribution in [0.25, 0.3) is 0 Å². The van der Waals surface area contributed by atoms with Gasteiger partial charge in [-0.05, 0) is 25.5 Å². The molecule has 8 heteroatoms. The van der Waals surface area contributed by atoms with Crippen LogP contribution in [0.5, 0.6) is 0 Å². The molecule has 0 spiro atoms. The average Bonchev–Trinajstić information content (AvgIpc) is 2.73. The summed E-state index contributed by atoms with van der Waals surface area (Å²) in [6, 6.07) is 4.87. The van der Waals surface area contributed by atoms with Crippen LogP contribution in [0.2, 0.25) is 0 Å². The second-order valence-corrected chi connectivity index (χ2v) is 5.85. The molecular formula is C15H19F3N2O3. The molecule has 1 unspecified atom stereocenters. The van der Waals surface area contributed by atoms with Crippen molar-refractivity contribution >= 4 is 6.09 Å². The van der Waals surface area contributed by atoms with E-state index in [1.165, 1.54) is 23.1 Å². The standard InChI is InChI=1S/C15H19F3N2O3/c1-14(2)20(13(21)22)11(9-23-14)8-19-7-10-5-3-4-6-12(10)15(16,17)18/h3-6,11,19H,7-9H2,1-2H3,(H,21,22). The molecule has 1 aliphatic heterocycles. The Hall–Kier alpha value is -1.80. The van der Waals surface area contributed by atoms with Gasteiger partial charge in [-0.15, -0.1) is 0 Å². The van der Waals surface area contributed by atoms with Crippen molar-refractivity contribution in [3.63, 3.8) is 0 Å². The van der Waals surface area contributed by atoms with Crippen LogP contribution < -0.4 is 5.32 Å². The second-order valence-electron chi connectivity index (χ2n) is 5.85. The summed E-state index contributed by atoms with van der Waals surface area (Å²) in [5.41, 5.74) is -1.51. The molecule has 1 atom stereocenters. The molecule has 1 amide bonds. The predicted molar refractivity (Wildman–Crippen MR) is 76.8 cm³/mol. The van der Waals surface area contributed by atoms with Crippen molar-refractivity contribution in [1.29, 1.82) is 0 Å². The molecule has 1 aromatic carbocycles. The van der Waals surface area contributed by atoms with Gasteiger partial charge in [-0.1, -0.05) is 18.2 Å². The Morgan fingerprint density at radius 1 is 1.43 bits per heavy atom. The third-order valence-electron chi connectivity index (χ3n) is 3.80. The van der Waals surface area contributed by atoms with E-state index in [2.05, 4.69) is 5.32 Å². The van der Waals surface area contributed by atoms with Crippen LogP contribution in [0.1, 0.15) is 25.0 Å². The Kier molecular flexibility index (Phi) is 4.86. The van der Waals surface area contributed by atoms with Crippen molar-refractivity contribution in [2.24, 2.45) is 0 Å². The van der Waals surface area contributed by atoms with Gasteiger partial charge in [0.05, 0.1) is 18.2 Å². The molecule has 1 aromatic rings. The minimum Gasteiger partial charge on any atom is -0.465 e. The maximum absolute atomic E-state index is 12.9. The Morgan fingerprint density at radius 2 is 2.09 bits per heavy atom. The van der Waals surface area contributed by atoms with Gasteiger partial charge in [0.1, 0.15) is 5.72 Å². The van der Waals surface area contributed by atoms with Crippen LogP contribution in [0, 0.1) is 0 Å². The quantitative estimate of drug-likeness (QED) is 0.890. The average molecular weight is 332 g/mol. The van der Waals surface area contributed by atoms with Crippen LogP contribution in [0.15, 0.2) is 24.3 Å². The topological polar surface area (TPSA) is 61.8 Å². The number of amides is 1. The molecule has 1 heterocycles. The molecule has 5 nitrogen and oxygen atoms in total. The number of hydrogen-bond acceptors (Lipinski definition) is 3. The first-order chi connectivity index (χ1) is 10.6. The van der Waals surface area contributed by atoms with Gasteiger partial charge < -0.3 is 15.2 Å². The molecule has 0 radical (unpaired) electrons. The number of halogens is 3. The van der Waals surface area contributed by atoms with Gasteiger partial charge in [-0.2, -0.15) is 13.2 Å². The van der Waals surface area contributed by atoms with Crippen LogP contribution in [0.3, 0.4) is 0 Å². The fraction of sp³-hybridized carbons (Fsp3) is 0.533. The van der Waals surface area contributed by atoms with Gasteiger partial charge in [-0.25, -0.2) is 4.79 Å². The molecule has 0 aliphatic carbocycles. The van der Waals surface area contributed by atoms with E-state index < -0.39 is 29.6 Å². The molecule has 1 aliphatic rings.